The summed E-state index contributed by atoms with van der Waals surface area (Å²) in [5, 5.41) is 1.35. The highest BCUT2D eigenvalue weighted by Crippen LogP contribution is 2.35. The molecule has 1 atom stereocenters. The van der Waals surface area contributed by atoms with Gasteiger partial charge in [-0.2, -0.15) is 0 Å². The summed E-state index contributed by atoms with van der Waals surface area (Å²) in [5.74, 6) is 0.737. The molecule has 0 saturated carbocycles. The van der Waals surface area contributed by atoms with Gasteiger partial charge in [-0.3, -0.25) is 14.7 Å². The average Bonchev–Trinajstić information content (AvgIpc) is 3.46. The van der Waals surface area contributed by atoms with Gasteiger partial charge in [0, 0.05) is 30.7 Å². The maximum absolute atomic E-state index is 12.1. The number of allylic oxidation sites excluding steroid dienone is 3. The molecule has 6 heteroatoms. The molecule has 6 nitrogen and oxygen atoms in total. The van der Waals surface area contributed by atoms with Crippen LogP contribution in [0.25, 0.3) is 16.5 Å². The van der Waals surface area contributed by atoms with Crippen LogP contribution in [0.3, 0.4) is 0 Å². The number of fused-ring (bicyclic) bond motifs is 2. The number of nitrogens with zero attached hydrogens (tertiary/aromatic N) is 4. The van der Waals surface area contributed by atoms with Gasteiger partial charge >= 0.3 is 0 Å². The van der Waals surface area contributed by atoms with E-state index in [9.17, 15) is 4.79 Å². The molecule has 1 N–H and O–H groups in total. The normalized spacial score (nSPS) is 24.2. The number of likely N-dealkylation sites (tertiary alicyclic amines) is 1. The summed E-state index contributed by atoms with van der Waals surface area (Å²) in [6, 6.07) is 7.20. The molecular weight excluding hydrogens is 434 g/mol. The molecule has 1 fully saturated rings. The minimum atomic E-state index is 0.188. The smallest absolute Gasteiger partial charge is 0.236 e. The third-order valence-electron chi connectivity index (χ3n) is 7.83. The van der Waals surface area contributed by atoms with Crippen LogP contribution in [-0.4, -0.2) is 72.5 Å². The maximum atomic E-state index is 12.1. The van der Waals surface area contributed by atoms with E-state index in [4.69, 9.17) is 0 Å². The number of nitrogens with one attached hydrogen (secondary N) is 1. The van der Waals surface area contributed by atoms with E-state index < -0.39 is 0 Å². The average molecular weight is 472 g/mol. The molecule has 1 aromatic heterocycles. The first-order chi connectivity index (χ1) is 16.9. The van der Waals surface area contributed by atoms with Gasteiger partial charge in [0.2, 0.25) is 5.91 Å². The SMILES string of the molecule is CCc1c(C2=C/CCC3N=CN=C3/C(C)=C\2)[nH]c2ccc(C3CCN(CC(=O)N(C)C)CC3)cc12. The lowest BCUT2D eigenvalue weighted by Gasteiger charge is -2.32. The summed E-state index contributed by atoms with van der Waals surface area (Å²) in [6.45, 7) is 6.90. The number of carbonyl (C=O) groups excluding carboxylic acids is 1. The highest BCUT2D eigenvalue weighted by Gasteiger charge is 2.25. The van der Waals surface area contributed by atoms with Crippen molar-refractivity contribution in [2.45, 2.75) is 57.9 Å². The van der Waals surface area contributed by atoms with Crippen molar-refractivity contribution in [2.24, 2.45) is 9.98 Å². The number of benzene rings is 1. The summed E-state index contributed by atoms with van der Waals surface area (Å²) in [6.07, 6.45) is 11.6. The molecule has 1 saturated heterocycles. The zero-order valence-corrected chi connectivity index (χ0v) is 21.5. The molecule has 3 heterocycles. The number of aromatic amines is 1. The third kappa shape index (κ3) is 4.76. The lowest BCUT2D eigenvalue weighted by atomic mass is 9.88. The van der Waals surface area contributed by atoms with Gasteiger partial charge in [0.15, 0.2) is 0 Å². The molecule has 5 rings (SSSR count). The minimum absolute atomic E-state index is 0.188. The summed E-state index contributed by atoms with van der Waals surface area (Å²) in [5.41, 5.74) is 8.87. The Balaban J connectivity index is 1.39. The van der Waals surface area contributed by atoms with E-state index in [-0.39, 0.29) is 11.9 Å². The van der Waals surface area contributed by atoms with E-state index in [1.165, 1.54) is 38.9 Å². The zero-order valence-electron chi connectivity index (χ0n) is 21.5. The molecule has 0 radical (unpaired) electrons. The molecule has 0 bridgehead atoms. The van der Waals surface area contributed by atoms with E-state index in [0.717, 1.165) is 50.9 Å². The van der Waals surface area contributed by atoms with Crippen LogP contribution in [0.4, 0.5) is 0 Å². The van der Waals surface area contributed by atoms with E-state index >= 15 is 0 Å². The van der Waals surface area contributed by atoms with Crippen molar-refractivity contribution < 1.29 is 4.79 Å². The molecular formula is C29H37N5O. The molecule has 1 aromatic carbocycles. The number of hydrogen-bond acceptors (Lipinski definition) is 4. The Bertz CT molecular complexity index is 1240. The number of carbonyl (C=O) groups is 1. The monoisotopic (exact) mass is 471 g/mol. The first-order valence-corrected chi connectivity index (χ1v) is 13.0. The van der Waals surface area contributed by atoms with Crippen LogP contribution >= 0.6 is 0 Å². The first kappa shape index (κ1) is 23.7. The second kappa shape index (κ2) is 9.94. The van der Waals surface area contributed by atoms with Gasteiger partial charge in [-0.25, -0.2) is 4.99 Å². The topological polar surface area (TPSA) is 64.1 Å². The van der Waals surface area contributed by atoms with Crippen LogP contribution in [0.5, 0.6) is 0 Å². The van der Waals surface area contributed by atoms with Crippen molar-refractivity contribution in [1.82, 2.24) is 14.8 Å². The highest BCUT2D eigenvalue weighted by atomic mass is 16.2. The lowest BCUT2D eigenvalue weighted by molar-refractivity contribution is -0.130. The second-order valence-corrected chi connectivity index (χ2v) is 10.3. The molecule has 2 aromatic rings. The van der Waals surface area contributed by atoms with Crippen LogP contribution in [-0.2, 0) is 11.2 Å². The molecule has 1 unspecified atom stereocenters. The molecule has 3 aliphatic rings. The van der Waals surface area contributed by atoms with Gasteiger partial charge in [-0.15, -0.1) is 0 Å². The van der Waals surface area contributed by atoms with Gasteiger partial charge in [0.05, 0.1) is 18.3 Å². The summed E-state index contributed by atoms with van der Waals surface area (Å²) in [7, 11) is 3.66. The number of piperidine rings is 1. The quantitative estimate of drug-likeness (QED) is 0.669. The van der Waals surface area contributed by atoms with E-state index in [0.29, 0.717) is 12.5 Å². The van der Waals surface area contributed by atoms with Crippen molar-refractivity contribution in [3.8, 4) is 0 Å². The molecule has 35 heavy (non-hydrogen) atoms. The number of hydrogen-bond donors (Lipinski definition) is 1. The summed E-state index contributed by atoms with van der Waals surface area (Å²) >= 11 is 0. The van der Waals surface area contributed by atoms with E-state index in [2.05, 4.69) is 64.1 Å². The number of H-pyrrole nitrogens is 1. The Morgan fingerprint density at radius 3 is 2.74 bits per heavy atom. The van der Waals surface area contributed by atoms with Crippen LogP contribution < -0.4 is 0 Å². The molecule has 1 aliphatic carbocycles. The van der Waals surface area contributed by atoms with Gasteiger partial charge in [0.25, 0.3) is 0 Å². The van der Waals surface area contributed by atoms with E-state index in [1.54, 1.807) is 11.2 Å². The largest absolute Gasteiger partial charge is 0.354 e. The van der Waals surface area contributed by atoms with Crippen LogP contribution in [0.15, 0.2) is 45.9 Å². The first-order valence-electron chi connectivity index (χ1n) is 13.0. The Labute approximate surface area is 208 Å². The highest BCUT2D eigenvalue weighted by molar-refractivity contribution is 6.11. The summed E-state index contributed by atoms with van der Waals surface area (Å²) in [4.78, 5) is 28.9. The fourth-order valence-corrected chi connectivity index (χ4v) is 5.74. The lowest BCUT2D eigenvalue weighted by Crippen LogP contribution is -2.40. The standard InChI is InChI=1S/C29H37N5O/c1-5-23-24-16-21(20-11-13-34(14-12-20)17-27(35)33(3)4)9-10-25(24)32-29(23)22-7-6-8-26-28(19(2)15-22)31-18-30-26/h7,9-10,15-16,18,20,26,32H,5-6,8,11-14,17H2,1-4H3/b19-15-,22-7+. The van der Waals surface area contributed by atoms with E-state index in [1.807, 2.05) is 14.1 Å². The summed E-state index contributed by atoms with van der Waals surface area (Å²) < 4.78 is 0. The molecule has 1 amide bonds. The van der Waals surface area contributed by atoms with Crippen molar-refractivity contribution in [3.05, 3.63) is 52.7 Å². The predicted octanol–water partition coefficient (Wildman–Crippen LogP) is 4.97. The third-order valence-corrected chi connectivity index (χ3v) is 7.83. The van der Waals surface area contributed by atoms with Gasteiger partial charge < -0.3 is 9.88 Å². The fraction of sp³-hybridized carbons (Fsp3) is 0.483. The number of amides is 1. The van der Waals surface area contributed by atoms with Gasteiger partial charge in [-0.1, -0.05) is 19.1 Å². The number of aliphatic imine (C=N–C) groups is 2. The van der Waals surface area contributed by atoms with Gasteiger partial charge in [-0.05, 0) is 98.5 Å². The predicted molar refractivity (Wildman–Crippen MR) is 145 cm³/mol. The second-order valence-electron chi connectivity index (χ2n) is 10.3. The molecule has 0 spiro atoms. The number of aromatic nitrogens is 1. The number of rotatable bonds is 5. The van der Waals surface area contributed by atoms with Crippen molar-refractivity contribution in [2.75, 3.05) is 33.7 Å². The van der Waals surface area contributed by atoms with Crippen LogP contribution in [0.2, 0.25) is 0 Å². The Morgan fingerprint density at radius 2 is 2.00 bits per heavy atom. The van der Waals surface area contributed by atoms with Crippen molar-refractivity contribution in [1.29, 1.82) is 0 Å². The Hall–Kier alpha value is -2.99. The Kier molecular flexibility index (Phi) is 6.74. The Morgan fingerprint density at radius 1 is 1.20 bits per heavy atom. The molecule has 184 valence electrons. The minimum Gasteiger partial charge on any atom is -0.354 e. The maximum Gasteiger partial charge on any atom is 0.236 e. The van der Waals surface area contributed by atoms with Crippen LogP contribution in [0.1, 0.15) is 62.3 Å². The fourth-order valence-electron chi connectivity index (χ4n) is 5.74. The van der Waals surface area contributed by atoms with Crippen molar-refractivity contribution >= 4 is 34.4 Å². The van der Waals surface area contributed by atoms with Gasteiger partial charge in [0.1, 0.15) is 6.34 Å². The van der Waals surface area contributed by atoms with Crippen molar-refractivity contribution in [3.63, 3.8) is 0 Å². The van der Waals surface area contributed by atoms with Crippen LogP contribution in [0, 0.1) is 0 Å². The number of likely N-dealkylation sites (N-methyl/N-ethyl adjacent to an activating group) is 1. The number of aryl methyl sites for hydroxylation is 1. The zero-order chi connectivity index (χ0) is 24.5. The molecule has 2 aliphatic heterocycles.